The van der Waals surface area contributed by atoms with Gasteiger partial charge in [0.05, 0.1) is 50.0 Å². The third-order valence-electron chi connectivity index (χ3n) is 8.03. The van der Waals surface area contributed by atoms with E-state index in [-0.39, 0.29) is 11.3 Å². The normalized spacial score (nSPS) is 21.1. The van der Waals surface area contributed by atoms with Gasteiger partial charge in [-0.1, -0.05) is 18.2 Å². The van der Waals surface area contributed by atoms with E-state index in [0.717, 1.165) is 15.9 Å². The largest absolute Gasteiger partial charge is 0.390 e. The fraction of sp³-hybridized carbons (Fsp3) is 0.448. The number of aliphatic hydroxyl groups excluding tert-OH is 2. The summed E-state index contributed by atoms with van der Waals surface area (Å²) in [6.07, 6.45) is -0.584. The van der Waals surface area contributed by atoms with Gasteiger partial charge < -0.3 is 25.6 Å². The second-order valence-electron chi connectivity index (χ2n) is 11.0. The molecule has 1 fully saturated rings. The average Bonchev–Trinajstić information content (AvgIpc) is 3.51. The second-order valence-corrected chi connectivity index (χ2v) is 14.6. The van der Waals surface area contributed by atoms with Crippen molar-refractivity contribution in [2.24, 2.45) is 5.92 Å². The molecule has 42 heavy (non-hydrogen) atoms. The molecule has 13 heteroatoms. The topological polar surface area (TPSA) is 159 Å². The lowest BCUT2D eigenvalue weighted by atomic mass is 9.91. The minimum Gasteiger partial charge on any atom is -0.390 e. The number of rotatable bonds is 10. The van der Waals surface area contributed by atoms with Crippen molar-refractivity contribution in [1.82, 2.24) is 19.9 Å². The number of aliphatic hydroxyl groups is 2. The predicted octanol–water partition coefficient (Wildman–Crippen LogP) is 3.60. The molecular weight excluding hydrogens is 576 g/mol. The Labute approximate surface area is 249 Å². The first-order valence-electron chi connectivity index (χ1n) is 13.7. The Hall–Kier alpha value is -3.23. The number of nitrogens with zero attached hydrogens (tertiary/aromatic N) is 4. The number of aryl methyl sites for hydroxylation is 2. The molecule has 4 aromatic rings. The highest BCUT2D eigenvalue weighted by Crippen LogP contribution is 2.44. The molecule has 4 N–H and O–H groups in total. The maximum atomic E-state index is 13.7. The smallest absolute Gasteiger partial charge is 0.224 e. The molecule has 0 spiro atoms. The van der Waals surface area contributed by atoms with Crippen LogP contribution in [0.1, 0.15) is 31.7 Å². The van der Waals surface area contributed by atoms with Crippen molar-refractivity contribution in [2.75, 3.05) is 30.9 Å². The number of hydrogen-bond donors (Lipinski definition) is 4. The van der Waals surface area contributed by atoms with Crippen molar-refractivity contribution in [3.63, 3.8) is 0 Å². The summed E-state index contributed by atoms with van der Waals surface area (Å²) < 4.78 is 32.1. The number of thiazole rings is 1. The highest BCUT2D eigenvalue weighted by molar-refractivity contribution is 7.92. The van der Waals surface area contributed by atoms with Crippen LogP contribution in [0.5, 0.6) is 0 Å². The number of hydrogen-bond acceptors (Lipinski definition) is 12. The van der Waals surface area contributed by atoms with Crippen LogP contribution in [-0.4, -0.2) is 81.8 Å². The van der Waals surface area contributed by atoms with Crippen molar-refractivity contribution in [2.45, 2.75) is 62.0 Å². The summed E-state index contributed by atoms with van der Waals surface area (Å²) in [5.74, 6) is 0.0381. The van der Waals surface area contributed by atoms with E-state index in [9.17, 15) is 18.6 Å². The summed E-state index contributed by atoms with van der Waals surface area (Å²) >= 11 is 1.48. The van der Waals surface area contributed by atoms with Crippen LogP contribution >= 0.6 is 11.3 Å². The highest BCUT2D eigenvalue weighted by atomic mass is 32.2. The Morgan fingerprint density at radius 2 is 1.79 bits per heavy atom. The minimum absolute atomic E-state index is 0.175. The minimum atomic E-state index is -3.83. The molecule has 0 unspecified atom stereocenters. The SMILES string of the molecule is COCCNc1nc(C)c(-c2nc3c(C)nccc3s2)c(N[C@@H]2C[C@H](C(C)(C)S(=O)(=O)c3ccccc3)[C@@H](O)[C@H]2O)n1. The van der Waals surface area contributed by atoms with E-state index in [0.29, 0.717) is 41.2 Å². The fourth-order valence-electron chi connectivity index (χ4n) is 5.51. The van der Waals surface area contributed by atoms with Gasteiger partial charge in [-0.2, -0.15) is 4.98 Å². The molecule has 0 amide bonds. The molecule has 0 radical (unpaired) electrons. The quantitative estimate of drug-likeness (QED) is 0.194. The summed E-state index contributed by atoms with van der Waals surface area (Å²) in [5.41, 5.74) is 2.91. The molecule has 1 aromatic carbocycles. The van der Waals surface area contributed by atoms with Crippen molar-refractivity contribution >= 4 is 43.2 Å². The van der Waals surface area contributed by atoms with Gasteiger partial charge in [-0.15, -0.1) is 11.3 Å². The summed E-state index contributed by atoms with van der Waals surface area (Å²) in [5, 5.41) is 29.6. The van der Waals surface area contributed by atoms with Gasteiger partial charge in [0.1, 0.15) is 22.4 Å². The lowest BCUT2D eigenvalue weighted by Crippen LogP contribution is -2.45. The van der Waals surface area contributed by atoms with Gasteiger partial charge in [-0.25, -0.2) is 18.4 Å². The lowest BCUT2D eigenvalue weighted by Gasteiger charge is -2.33. The Morgan fingerprint density at radius 3 is 2.48 bits per heavy atom. The molecular formula is C29H36N6O5S2. The number of aromatic nitrogens is 4. The fourth-order valence-corrected chi connectivity index (χ4v) is 8.38. The van der Waals surface area contributed by atoms with Crippen LogP contribution in [0.3, 0.4) is 0 Å². The van der Waals surface area contributed by atoms with E-state index in [1.54, 1.807) is 57.5 Å². The van der Waals surface area contributed by atoms with Crippen molar-refractivity contribution in [1.29, 1.82) is 0 Å². The van der Waals surface area contributed by atoms with E-state index in [2.05, 4.69) is 20.6 Å². The molecule has 11 nitrogen and oxygen atoms in total. The molecule has 1 saturated carbocycles. The van der Waals surface area contributed by atoms with E-state index in [1.165, 1.54) is 11.3 Å². The maximum Gasteiger partial charge on any atom is 0.224 e. The van der Waals surface area contributed by atoms with Crippen LogP contribution in [0.4, 0.5) is 11.8 Å². The number of pyridine rings is 1. The van der Waals surface area contributed by atoms with Gasteiger partial charge in [-0.05, 0) is 52.3 Å². The number of fused-ring (bicyclic) bond motifs is 1. The number of anilines is 2. The van der Waals surface area contributed by atoms with Crippen LogP contribution in [0.2, 0.25) is 0 Å². The second kappa shape index (κ2) is 11.8. The molecule has 4 atom stereocenters. The number of sulfone groups is 1. The van der Waals surface area contributed by atoms with E-state index >= 15 is 0 Å². The Kier molecular flexibility index (Phi) is 8.50. The van der Waals surface area contributed by atoms with E-state index in [4.69, 9.17) is 14.7 Å². The zero-order chi connectivity index (χ0) is 30.2. The van der Waals surface area contributed by atoms with Gasteiger partial charge in [-0.3, -0.25) is 4.98 Å². The zero-order valence-corrected chi connectivity index (χ0v) is 25.8. The van der Waals surface area contributed by atoms with Crippen LogP contribution in [0.15, 0.2) is 47.5 Å². The first-order valence-corrected chi connectivity index (χ1v) is 16.0. The summed E-state index contributed by atoms with van der Waals surface area (Å²) in [6.45, 7) is 7.91. The third kappa shape index (κ3) is 5.47. The Morgan fingerprint density at radius 1 is 1.05 bits per heavy atom. The standard InChI is InChI=1S/C29H36N6O5S2/c1-16-22(27-34-23-17(2)30-12-11-21(23)41-27)26(35-28(32-16)31-13-14-40-5)33-20-15-19(24(36)25(20)37)29(3,4)42(38,39)18-9-7-6-8-10-18/h6-12,19-20,24-25,36-37H,13-15H2,1-5H3,(H2,31,32,33,35)/t19-,20+,24+,25-/m0/s1. The van der Waals surface area contributed by atoms with Gasteiger partial charge in [0, 0.05) is 25.8 Å². The van der Waals surface area contributed by atoms with Crippen LogP contribution in [-0.2, 0) is 14.6 Å². The van der Waals surface area contributed by atoms with Crippen molar-refractivity contribution in [3.8, 4) is 10.6 Å². The molecule has 3 heterocycles. The first-order chi connectivity index (χ1) is 20.0. The number of methoxy groups -OCH3 is 1. The van der Waals surface area contributed by atoms with Crippen LogP contribution in [0, 0.1) is 19.8 Å². The number of ether oxygens (including phenoxy) is 1. The Bertz CT molecular complexity index is 1680. The first kappa shape index (κ1) is 30.2. The van der Waals surface area contributed by atoms with Gasteiger partial charge >= 0.3 is 0 Å². The van der Waals surface area contributed by atoms with Gasteiger partial charge in [0.2, 0.25) is 5.95 Å². The van der Waals surface area contributed by atoms with Crippen LogP contribution < -0.4 is 10.6 Å². The van der Waals surface area contributed by atoms with Gasteiger partial charge in [0.25, 0.3) is 0 Å². The lowest BCUT2D eigenvalue weighted by molar-refractivity contribution is 0.0105. The Balaban J connectivity index is 1.51. The highest BCUT2D eigenvalue weighted by Gasteiger charge is 2.54. The third-order valence-corrected chi connectivity index (χ3v) is 11.6. The molecule has 0 aliphatic heterocycles. The summed E-state index contributed by atoms with van der Waals surface area (Å²) in [6, 6.07) is 9.41. The average molecular weight is 613 g/mol. The zero-order valence-electron chi connectivity index (χ0n) is 24.2. The summed E-state index contributed by atoms with van der Waals surface area (Å²) in [7, 11) is -2.22. The predicted molar refractivity (Wildman–Crippen MR) is 164 cm³/mol. The monoisotopic (exact) mass is 612 g/mol. The molecule has 3 aromatic heterocycles. The van der Waals surface area contributed by atoms with E-state index in [1.807, 2.05) is 19.9 Å². The molecule has 0 bridgehead atoms. The van der Waals surface area contributed by atoms with Gasteiger partial charge in [0.15, 0.2) is 9.84 Å². The van der Waals surface area contributed by atoms with Crippen LogP contribution in [0.25, 0.3) is 20.8 Å². The van der Waals surface area contributed by atoms with Crippen molar-refractivity contribution in [3.05, 3.63) is 54.0 Å². The molecule has 5 rings (SSSR count). The summed E-state index contributed by atoms with van der Waals surface area (Å²) in [4.78, 5) is 18.7. The molecule has 224 valence electrons. The molecule has 1 aliphatic rings. The van der Waals surface area contributed by atoms with E-state index < -0.39 is 38.8 Å². The molecule has 1 aliphatic carbocycles. The maximum absolute atomic E-state index is 13.7. The number of benzene rings is 1. The molecule has 0 saturated heterocycles. The number of nitrogens with one attached hydrogen (secondary N) is 2. The van der Waals surface area contributed by atoms with Crippen molar-refractivity contribution < 1.29 is 23.4 Å².